The molecule has 238 valence electrons. The maximum Gasteiger partial charge on any atom is 0.256 e. The van der Waals surface area contributed by atoms with Gasteiger partial charge in [0.25, 0.3) is 40.1 Å². The zero-order chi connectivity index (χ0) is 33.0. The Hall–Kier alpha value is -4.18. The molecule has 46 heavy (non-hydrogen) atoms. The Morgan fingerprint density at radius 1 is 0.326 bits per heavy atom. The molecule has 0 aliphatic carbocycles. The van der Waals surface area contributed by atoms with E-state index in [0.717, 1.165) is 0 Å². The maximum atomic E-state index is 13.8. The van der Waals surface area contributed by atoms with Crippen LogP contribution in [0.2, 0.25) is 0 Å². The number of nitrogens with zero attached hydrogens (tertiary/aromatic N) is 2. The molecule has 14 heteroatoms. The molecule has 0 atom stereocenters. The Morgan fingerprint density at radius 2 is 0.565 bits per heavy atom. The molecule has 0 saturated heterocycles. The summed E-state index contributed by atoms with van der Waals surface area (Å²) in [6, 6.07) is 34.1. The molecule has 5 aromatic carbocycles. The number of benzene rings is 5. The highest BCUT2D eigenvalue weighted by Crippen LogP contribution is 2.29. The summed E-state index contributed by atoms with van der Waals surface area (Å²) >= 11 is 0. The molecular formula is C32H28N2O8S4. The van der Waals surface area contributed by atoms with Crippen LogP contribution in [0.15, 0.2) is 165 Å². The van der Waals surface area contributed by atoms with E-state index in [-0.39, 0.29) is 30.7 Å². The molecule has 0 N–H and O–H groups in total. The quantitative estimate of drug-likeness (QED) is 0.180. The molecule has 0 saturated carbocycles. The summed E-state index contributed by atoms with van der Waals surface area (Å²) in [5.41, 5.74) is 0.344. The normalized spacial score (nSPS) is 12.7. The van der Waals surface area contributed by atoms with E-state index in [0.29, 0.717) is 7.42 Å². The second-order valence-electron chi connectivity index (χ2n) is 9.95. The van der Waals surface area contributed by atoms with Crippen LogP contribution in [0.3, 0.4) is 0 Å². The van der Waals surface area contributed by atoms with E-state index in [4.69, 9.17) is 0 Å². The van der Waals surface area contributed by atoms with Crippen molar-refractivity contribution in [2.24, 2.45) is 0 Å². The third-order valence-electron chi connectivity index (χ3n) is 6.85. The molecule has 0 bridgehead atoms. The minimum absolute atomic E-state index is 0.172. The zero-order valence-electron chi connectivity index (χ0n) is 24.1. The Bertz CT molecular complexity index is 1950. The zero-order valence-corrected chi connectivity index (χ0v) is 27.3. The molecule has 0 aliphatic rings. The molecule has 10 nitrogen and oxygen atoms in total. The van der Waals surface area contributed by atoms with Crippen molar-refractivity contribution in [1.82, 2.24) is 7.42 Å². The van der Waals surface area contributed by atoms with Crippen molar-refractivity contribution >= 4 is 40.1 Å². The van der Waals surface area contributed by atoms with E-state index in [1.54, 1.807) is 24.3 Å². The lowest BCUT2D eigenvalue weighted by atomic mass is 10.1. The van der Waals surface area contributed by atoms with Crippen LogP contribution in [0.4, 0.5) is 0 Å². The number of sulfonamides is 4. The number of hydrogen-bond acceptors (Lipinski definition) is 8. The lowest BCUT2D eigenvalue weighted by Gasteiger charge is -2.24. The lowest BCUT2D eigenvalue weighted by Crippen LogP contribution is -2.37. The van der Waals surface area contributed by atoms with Crippen LogP contribution in [0.1, 0.15) is 11.1 Å². The molecule has 0 unspecified atom stereocenters. The Balaban J connectivity index is 1.58. The Labute approximate surface area is 269 Å². The molecular weight excluding hydrogens is 669 g/mol. The van der Waals surface area contributed by atoms with Crippen molar-refractivity contribution in [3.8, 4) is 0 Å². The van der Waals surface area contributed by atoms with Gasteiger partial charge in [-0.2, -0.15) is 0 Å². The van der Waals surface area contributed by atoms with Crippen LogP contribution in [0.5, 0.6) is 0 Å². The molecule has 5 rings (SSSR count). The summed E-state index contributed by atoms with van der Waals surface area (Å²) in [4.78, 5) is -1.00. The third kappa shape index (κ3) is 6.82. The monoisotopic (exact) mass is 696 g/mol. The first-order valence-electron chi connectivity index (χ1n) is 13.7. The van der Waals surface area contributed by atoms with Gasteiger partial charge in [0.2, 0.25) is 0 Å². The van der Waals surface area contributed by atoms with Crippen molar-refractivity contribution in [1.29, 1.82) is 0 Å². The van der Waals surface area contributed by atoms with E-state index >= 15 is 0 Å². The second kappa shape index (κ2) is 13.3. The highest BCUT2D eigenvalue weighted by molar-refractivity contribution is 8.04. The third-order valence-corrected chi connectivity index (χ3v) is 15.3. The van der Waals surface area contributed by atoms with Crippen LogP contribution >= 0.6 is 0 Å². The van der Waals surface area contributed by atoms with E-state index in [2.05, 4.69) is 0 Å². The van der Waals surface area contributed by atoms with Gasteiger partial charge in [-0.1, -0.05) is 104 Å². The van der Waals surface area contributed by atoms with Crippen molar-refractivity contribution in [3.63, 3.8) is 0 Å². The molecule has 0 fully saturated rings. The van der Waals surface area contributed by atoms with Gasteiger partial charge in [-0.15, -0.1) is 0 Å². The molecule has 0 spiro atoms. The van der Waals surface area contributed by atoms with Gasteiger partial charge in [-0.3, -0.25) is 0 Å². The summed E-state index contributed by atoms with van der Waals surface area (Å²) in [7, 11) is -18.5. The van der Waals surface area contributed by atoms with Gasteiger partial charge in [-0.25, -0.2) is 33.7 Å². The first-order chi connectivity index (χ1) is 21.8. The fraction of sp³-hybridized carbons (Fsp3) is 0.0625. The maximum absolute atomic E-state index is 13.8. The number of rotatable bonds is 12. The number of hydrogen-bond donors (Lipinski definition) is 0. The standard InChI is InChI=1S/C32H28N2O8S4/c35-43(36,29-16-5-1-6-17-29)33(44(37,38)30-18-7-2-8-19-30)25-27-14-13-15-28(24-27)26-34(45(39,40)31-20-9-3-10-21-31)46(41,42)32-22-11-4-12-23-32/h1-24H,25-26H2. The van der Waals surface area contributed by atoms with Gasteiger partial charge < -0.3 is 0 Å². The van der Waals surface area contributed by atoms with E-state index in [1.807, 2.05) is 0 Å². The van der Waals surface area contributed by atoms with Crippen LogP contribution in [-0.2, 0) is 53.2 Å². The summed E-state index contributed by atoms with van der Waals surface area (Å²) in [5, 5.41) is 0. The van der Waals surface area contributed by atoms with Crippen molar-refractivity contribution in [2.45, 2.75) is 32.7 Å². The van der Waals surface area contributed by atoms with E-state index in [1.165, 1.54) is 121 Å². The first-order valence-corrected chi connectivity index (χ1v) is 19.4. The van der Waals surface area contributed by atoms with Crippen LogP contribution in [0.25, 0.3) is 0 Å². The second-order valence-corrected chi connectivity index (χ2v) is 17.9. The summed E-state index contributed by atoms with van der Waals surface area (Å²) in [5.74, 6) is 0. The SMILES string of the molecule is O=S(=O)(c1ccccc1)N(Cc1cccc(CN(S(=O)(=O)c2ccccc2)S(=O)(=O)c2ccccc2)c1)S(=O)(=O)c1ccccc1. The van der Waals surface area contributed by atoms with Crippen molar-refractivity contribution in [3.05, 3.63) is 157 Å². The Morgan fingerprint density at radius 3 is 0.804 bits per heavy atom. The summed E-state index contributed by atoms with van der Waals surface area (Å²) in [6.07, 6.45) is 0. The molecule has 0 aliphatic heterocycles. The highest BCUT2D eigenvalue weighted by atomic mass is 32.3. The molecule has 0 amide bonds. The Kier molecular flexibility index (Phi) is 9.58. The molecule has 0 radical (unpaired) electrons. The van der Waals surface area contributed by atoms with E-state index in [9.17, 15) is 33.7 Å². The lowest BCUT2D eigenvalue weighted by molar-refractivity contribution is 0.493. The van der Waals surface area contributed by atoms with Crippen LogP contribution in [-0.4, -0.2) is 41.1 Å². The molecule has 0 heterocycles. The topological polar surface area (TPSA) is 143 Å². The van der Waals surface area contributed by atoms with Crippen LogP contribution in [0, 0.1) is 0 Å². The summed E-state index contributed by atoms with van der Waals surface area (Å²) in [6.45, 7) is -1.31. The van der Waals surface area contributed by atoms with E-state index < -0.39 is 53.2 Å². The van der Waals surface area contributed by atoms with Gasteiger partial charge in [-0.05, 0) is 59.7 Å². The average molecular weight is 697 g/mol. The predicted molar refractivity (Wildman–Crippen MR) is 172 cm³/mol. The minimum atomic E-state index is -4.62. The van der Waals surface area contributed by atoms with Gasteiger partial charge >= 0.3 is 0 Å². The summed E-state index contributed by atoms with van der Waals surface area (Å²) < 4.78 is 111. The van der Waals surface area contributed by atoms with Gasteiger partial charge in [0, 0.05) is 0 Å². The van der Waals surface area contributed by atoms with Crippen LogP contribution < -0.4 is 0 Å². The average Bonchev–Trinajstić information content (AvgIpc) is 3.07. The van der Waals surface area contributed by atoms with Gasteiger partial charge in [0.15, 0.2) is 0 Å². The highest BCUT2D eigenvalue weighted by Gasteiger charge is 2.38. The smallest absolute Gasteiger partial charge is 0.206 e. The van der Waals surface area contributed by atoms with Gasteiger partial charge in [0.05, 0.1) is 32.7 Å². The van der Waals surface area contributed by atoms with Gasteiger partial charge in [0.1, 0.15) is 0 Å². The van der Waals surface area contributed by atoms with Crippen molar-refractivity contribution < 1.29 is 33.7 Å². The predicted octanol–water partition coefficient (Wildman–Crippen LogP) is 4.85. The molecule has 5 aromatic rings. The van der Waals surface area contributed by atoms with Crippen molar-refractivity contribution in [2.75, 3.05) is 0 Å². The fourth-order valence-electron chi connectivity index (χ4n) is 4.56. The minimum Gasteiger partial charge on any atom is -0.206 e. The largest absolute Gasteiger partial charge is 0.256 e. The fourth-order valence-corrected chi connectivity index (χ4v) is 11.9. The first kappa shape index (κ1) is 33.2. The molecule has 0 aromatic heterocycles.